The molecule has 1 aliphatic rings. The summed E-state index contributed by atoms with van der Waals surface area (Å²) in [6.07, 6.45) is 2.41. The number of anilines is 2. The van der Waals surface area contributed by atoms with Crippen molar-refractivity contribution in [3.05, 3.63) is 101 Å². The number of aromatic nitrogens is 1. The fraction of sp³-hybridized carbons (Fsp3) is 0.333. The molecule has 5 rings (SSSR count). The Morgan fingerprint density at radius 3 is 2.00 bits per heavy atom. The van der Waals surface area contributed by atoms with E-state index in [9.17, 15) is 21.6 Å². The van der Waals surface area contributed by atoms with Gasteiger partial charge in [-0.1, -0.05) is 72.8 Å². The lowest BCUT2D eigenvalue weighted by atomic mass is 9.88. The minimum atomic E-state index is -4.05. The maximum Gasteiger partial charge on any atom is 0.323 e. The average Bonchev–Trinajstić information content (AvgIpc) is 3.51. The van der Waals surface area contributed by atoms with Crippen LogP contribution in [0.5, 0.6) is 0 Å². The third kappa shape index (κ3) is 9.39. The predicted octanol–water partition coefficient (Wildman–Crippen LogP) is 4.92. The van der Waals surface area contributed by atoms with Crippen LogP contribution in [-0.4, -0.2) is 96.1 Å². The summed E-state index contributed by atoms with van der Waals surface area (Å²) in [7, 11) is -8.11. The normalized spacial score (nSPS) is 14.2. The van der Waals surface area contributed by atoms with Crippen molar-refractivity contribution in [1.29, 1.82) is 0 Å². The smallest absolute Gasteiger partial charge is 0.323 e. The third-order valence-electron chi connectivity index (χ3n) is 7.86. The third-order valence-corrected chi connectivity index (χ3v) is 11.9. The highest BCUT2D eigenvalue weighted by Crippen LogP contribution is 2.30. The molecule has 1 N–H and O–H groups in total. The van der Waals surface area contributed by atoms with Crippen molar-refractivity contribution in [2.75, 3.05) is 67.5 Å². The molecule has 0 spiro atoms. The number of nitrogens with one attached hydrogen (secondary N) is 1. The van der Waals surface area contributed by atoms with Gasteiger partial charge in [0.1, 0.15) is 0 Å². The second-order valence-electron chi connectivity index (χ2n) is 11.3. The number of urea groups is 1. The highest BCUT2D eigenvalue weighted by molar-refractivity contribution is 8.09. The van der Waals surface area contributed by atoms with E-state index in [1.165, 1.54) is 34.6 Å². The first-order valence-electron chi connectivity index (χ1n) is 15.2. The highest BCUT2D eigenvalue weighted by Gasteiger charge is 2.27. The number of ether oxygens (including phenoxy) is 1. The molecule has 250 valence electrons. The van der Waals surface area contributed by atoms with Crippen molar-refractivity contribution < 1.29 is 26.4 Å². The van der Waals surface area contributed by atoms with Gasteiger partial charge in [0.25, 0.3) is 0 Å². The predicted molar refractivity (Wildman–Crippen MR) is 187 cm³/mol. The molecule has 1 fully saturated rings. The summed E-state index contributed by atoms with van der Waals surface area (Å²) in [4.78, 5) is 22.5. The summed E-state index contributed by atoms with van der Waals surface area (Å²) in [6, 6.07) is 26.4. The standard InChI is InChI=1S/C33H39N5O6S3/c1-46(40,41)38(47(2,42)43)29-15-13-28(14-16-29)31-25-45-32(34-31)35-33(39)37(20-19-36-21-23-44-24-22-36)18-17-30(26-9-5-3-6-10-26)27-11-7-4-8-12-27/h3-16,25,30H,17-24H2,1-2H3,(H,34,35,39). The number of carbonyl (C=O) groups is 1. The minimum Gasteiger partial charge on any atom is -0.379 e. The van der Waals surface area contributed by atoms with Crippen LogP contribution in [0.15, 0.2) is 90.3 Å². The Morgan fingerprint density at radius 1 is 0.872 bits per heavy atom. The quantitative estimate of drug-likeness (QED) is 0.209. The van der Waals surface area contributed by atoms with Crippen molar-refractivity contribution >= 4 is 48.2 Å². The van der Waals surface area contributed by atoms with E-state index in [-0.39, 0.29) is 17.6 Å². The first-order valence-corrected chi connectivity index (χ1v) is 19.8. The molecule has 11 nitrogen and oxygen atoms in total. The van der Waals surface area contributed by atoms with Gasteiger partial charge in [0.15, 0.2) is 5.13 Å². The fourth-order valence-corrected chi connectivity index (χ4v) is 9.29. The lowest BCUT2D eigenvalue weighted by Gasteiger charge is -2.31. The van der Waals surface area contributed by atoms with Gasteiger partial charge >= 0.3 is 6.03 Å². The molecule has 0 bridgehead atoms. The molecule has 14 heteroatoms. The topological polar surface area (TPSA) is 129 Å². The van der Waals surface area contributed by atoms with Crippen LogP contribution in [0.25, 0.3) is 11.3 Å². The van der Waals surface area contributed by atoms with Crippen LogP contribution in [0.3, 0.4) is 0 Å². The van der Waals surface area contributed by atoms with E-state index in [2.05, 4.69) is 39.5 Å². The Morgan fingerprint density at radius 2 is 1.45 bits per heavy atom. The van der Waals surface area contributed by atoms with Crippen molar-refractivity contribution in [2.45, 2.75) is 12.3 Å². The number of nitrogens with zero attached hydrogens (tertiary/aromatic N) is 4. The van der Waals surface area contributed by atoms with Gasteiger partial charge < -0.3 is 9.64 Å². The number of amides is 2. The van der Waals surface area contributed by atoms with Crippen molar-refractivity contribution in [3.8, 4) is 11.3 Å². The molecule has 1 aliphatic heterocycles. The van der Waals surface area contributed by atoms with Crippen molar-refractivity contribution in [1.82, 2.24) is 14.8 Å². The van der Waals surface area contributed by atoms with Crippen molar-refractivity contribution in [2.24, 2.45) is 0 Å². The number of hydrogen-bond acceptors (Lipinski definition) is 9. The Labute approximate surface area is 280 Å². The van der Waals surface area contributed by atoms with Crippen LogP contribution >= 0.6 is 11.3 Å². The van der Waals surface area contributed by atoms with Gasteiger partial charge in [-0.3, -0.25) is 10.2 Å². The number of carbonyl (C=O) groups excluding carboxylic acids is 1. The molecule has 3 aromatic carbocycles. The average molecular weight is 698 g/mol. The van der Waals surface area contributed by atoms with Gasteiger partial charge in [-0.15, -0.1) is 11.3 Å². The van der Waals surface area contributed by atoms with E-state index >= 15 is 0 Å². The zero-order valence-corrected chi connectivity index (χ0v) is 28.8. The monoisotopic (exact) mass is 697 g/mol. The van der Waals surface area contributed by atoms with E-state index in [1.54, 1.807) is 17.5 Å². The SMILES string of the molecule is CS(=O)(=O)N(c1ccc(-c2csc(NC(=O)N(CCC(c3ccccc3)c3ccccc3)CCN3CCOCC3)n2)cc1)S(C)(=O)=O. The number of sulfonamides is 2. The zero-order chi connectivity index (χ0) is 33.4. The maximum atomic E-state index is 13.7. The second-order valence-corrected chi connectivity index (χ2v) is 16.1. The van der Waals surface area contributed by atoms with E-state index in [0.717, 1.165) is 38.6 Å². The zero-order valence-electron chi connectivity index (χ0n) is 26.4. The van der Waals surface area contributed by atoms with Gasteiger partial charge in [-0.25, -0.2) is 26.6 Å². The molecular weight excluding hydrogens is 659 g/mol. The van der Waals surface area contributed by atoms with Crippen LogP contribution < -0.4 is 9.03 Å². The Balaban J connectivity index is 1.31. The van der Waals surface area contributed by atoms with Gasteiger partial charge in [0.05, 0.1) is 37.1 Å². The number of hydrogen-bond donors (Lipinski definition) is 1. The van der Waals surface area contributed by atoms with E-state index < -0.39 is 20.0 Å². The van der Waals surface area contributed by atoms with E-state index in [1.807, 2.05) is 41.3 Å². The first kappa shape index (κ1) is 34.5. The summed E-state index contributed by atoms with van der Waals surface area (Å²) >= 11 is 1.27. The number of thiazole rings is 1. The Kier molecular flexibility index (Phi) is 11.3. The van der Waals surface area contributed by atoms with E-state index in [0.29, 0.717) is 46.4 Å². The summed E-state index contributed by atoms with van der Waals surface area (Å²) in [5.74, 6) is 0.117. The summed E-state index contributed by atoms with van der Waals surface area (Å²) in [5, 5.41) is 5.18. The molecule has 0 radical (unpaired) electrons. The molecule has 4 aromatic rings. The number of rotatable bonds is 13. The fourth-order valence-electron chi connectivity index (χ4n) is 5.60. The van der Waals surface area contributed by atoms with Gasteiger partial charge in [0, 0.05) is 49.6 Å². The number of benzene rings is 3. The molecule has 1 saturated heterocycles. The molecule has 0 saturated carbocycles. The maximum absolute atomic E-state index is 13.7. The molecule has 0 atom stereocenters. The number of morpholine rings is 1. The van der Waals surface area contributed by atoms with Crippen LogP contribution in [0.1, 0.15) is 23.5 Å². The molecule has 0 aliphatic carbocycles. The lowest BCUT2D eigenvalue weighted by Crippen LogP contribution is -2.44. The molecule has 1 aromatic heterocycles. The minimum absolute atomic E-state index is 0.00252. The summed E-state index contributed by atoms with van der Waals surface area (Å²) in [5.41, 5.74) is 3.60. The van der Waals surface area contributed by atoms with Crippen molar-refractivity contribution in [3.63, 3.8) is 0 Å². The summed E-state index contributed by atoms with van der Waals surface area (Å²) in [6.45, 7) is 4.81. The Bertz CT molecular complexity index is 1760. The molecule has 0 unspecified atom stereocenters. The van der Waals surface area contributed by atoms with Crippen LogP contribution in [0, 0.1) is 0 Å². The van der Waals surface area contributed by atoms with Gasteiger partial charge in [-0.05, 0) is 29.7 Å². The molecular formula is C33H39N5O6S3. The molecule has 2 heterocycles. The largest absolute Gasteiger partial charge is 0.379 e. The molecule has 2 amide bonds. The lowest BCUT2D eigenvalue weighted by molar-refractivity contribution is 0.0351. The van der Waals surface area contributed by atoms with Gasteiger partial charge in [0.2, 0.25) is 20.0 Å². The van der Waals surface area contributed by atoms with Crippen LogP contribution in [0.4, 0.5) is 15.6 Å². The Hall–Kier alpha value is -3.82. The first-order chi connectivity index (χ1) is 22.5. The highest BCUT2D eigenvalue weighted by atomic mass is 32.3. The van der Waals surface area contributed by atoms with Crippen LogP contribution in [-0.2, 0) is 24.8 Å². The second kappa shape index (κ2) is 15.4. The summed E-state index contributed by atoms with van der Waals surface area (Å²) < 4.78 is 54.5. The molecule has 47 heavy (non-hydrogen) atoms. The van der Waals surface area contributed by atoms with Gasteiger partial charge in [-0.2, -0.15) is 3.71 Å². The van der Waals surface area contributed by atoms with Crippen LogP contribution in [0.2, 0.25) is 0 Å². The van der Waals surface area contributed by atoms with E-state index in [4.69, 9.17) is 4.74 Å².